The van der Waals surface area contributed by atoms with Gasteiger partial charge in [-0.05, 0) is 13.0 Å². The molecule has 19 heavy (non-hydrogen) atoms. The van der Waals surface area contributed by atoms with Crippen LogP contribution in [0.5, 0.6) is 0 Å². The van der Waals surface area contributed by atoms with Gasteiger partial charge in [-0.15, -0.1) is 11.3 Å². The van der Waals surface area contributed by atoms with Gasteiger partial charge in [0.25, 0.3) is 5.91 Å². The second-order valence-electron chi connectivity index (χ2n) is 4.43. The molecule has 1 unspecified atom stereocenters. The highest BCUT2D eigenvalue weighted by atomic mass is 32.1. The number of pyridine rings is 1. The van der Waals surface area contributed by atoms with Crippen LogP contribution in [0.1, 0.15) is 16.6 Å². The number of thiophene rings is 1. The molecule has 0 aliphatic carbocycles. The van der Waals surface area contributed by atoms with Crippen molar-refractivity contribution in [2.45, 2.75) is 6.92 Å². The van der Waals surface area contributed by atoms with Crippen LogP contribution in [-0.4, -0.2) is 29.4 Å². The van der Waals surface area contributed by atoms with Crippen LogP contribution in [0.25, 0.3) is 10.1 Å². The summed E-state index contributed by atoms with van der Waals surface area (Å²) in [4.78, 5) is 18.4. The lowest BCUT2D eigenvalue weighted by molar-refractivity contribution is 0.0791. The molecular formula is C13H14N4OS. The van der Waals surface area contributed by atoms with Gasteiger partial charge >= 0.3 is 0 Å². The molecule has 0 aliphatic rings. The van der Waals surface area contributed by atoms with E-state index in [-0.39, 0.29) is 11.8 Å². The number of hydrogen-bond acceptors (Lipinski definition) is 5. The standard InChI is InChI=1S/C13H14N4OS/c1-8(5-14)7-17(2)13(18)12-11(15)9-3-4-16-6-10(9)19-12/h3-4,6,8H,7,15H2,1-2H3. The van der Waals surface area contributed by atoms with E-state index >= 15 is 0 Å². The first-order valence-electron chi connectivity index (χ1n) is 5.81. The van der Waals surface area contributed by atoms with E-state index in [1.54, 1.807) is 32.4 Å². The number of amides is 1. The van der Waals surface area contributed by atoms with Crippen molar-refractivity contribution in [1.29, 1.82) is 5.26 Å². The van der Waals surface area contributed by atoms with Crippen molar-refractivity contribution in [3.05, 3.63) is 23.3 Å². The first kappa shape index (κ1) is 13.3. The van der Waals surface area contributed by atoms with E-state index in [0.717, 1.165) is 10.1 Å². The van der Waals surface area contributed by atoms with Crippen molar-refractivity contribution in [2.75, 3.05) is 19.3 Å². The maximum atomic E-state index is 12.3. The first-order valence-corrected chi connectivity index (χ1v) is 6.63. The Bertz CT molecular complexity index is 658. The summed E-state index contributed by atoms with van der Waals surface area (Å²) in [5.74, 6) is -0.355. The number of hydrogen-bond donors (Lipinski definition) is 1. The number of anilines is 1. The predicted octanol–water partition coefficient (Wildman–Crippen LogP) is 2.11. The van der Waals surface area contributed by atoms with Crippen LogP contribution in [0.15, 0.2) is 18.5 Å². The Kier molecular flexibility index (Phi) is 3.67. The number of aromatic nitrogens is 1. The Morgan fingerprint density at radius 1 is 1.68 bits per heavy atom. The molecule has 0 radical (unpaired) electrons. The maximum absolute atomic E-state index is 12.3. The third-order valence-corrected chi connectivity index (χ3v) is 3.98. The molecule has 0 spiro atoms. The average Bonchev–Trinajstić information content (AvgIpc) is 2.75. The monoisotopic (exact) mass is 274 g/mol. The molecule has 0 bridgehead atoms. The zero-order chi connectivity index (χ0) is 14.0. The molecule has 2 rings (SSSR count). The minimum Gasteiger partial charge on any atom is -0.397 e. The van der Waals surface area contributed by atoms with Crippen LogP contribution in [0.4, 0.5) is 5.69 Å². The topological polar surface area (TPSA) is 83.0 Å². The van der Waals surface area contributed by atoms with E-state index in [1.807, 2.05) is 0 Å². The van der Waals surface area contributed by atoms with Crippen molar-refractivity contribution in [3.63, 3.8) is 0 Å². The Morgan fingerprint density at radius 3 is 3.05 bits per heavy atom. The predicted molar refractivity (Wildman–Crippen MR) is 75.8 cm³/mol. The number of carbonyl (C=O) groups is 1. The van der Waals surface area contributed by atoms with Gasteiger partial charge in [-0.25, -0.2) is 0 Å². The molecule has 98 valence electrons. The zero-order valence-electron chi connectivity index (χ0n) is 10.8. The van der Waals surface area contributed by atoms with E-state index in [2.05, 4.69) is 11.1 Å². The molecule has 2 aromatic rings. The van der Waals surface area contributed by atoms with Crippen LogP contribution in [0.3, 0.4) is 0 Å². The number of fused-ring (bicyclic) bond motifs is 1. The highest BCUT2D eigenvalue weighted by Crippen LogP contribution is 2.33. The third kappa shape index (κ3) is 2.51. The molecular weight excluding hydrogens is 260 g/mol. The second-order valence-corrected chi connectivity index (χ2v) is 5.48. The fraction of sp³-hybridized carbons (Fsp3) is 0.308. The van der Waals surface area contributed by atoms with Crippen LogP contribution in [0.2, 0.25) is 0 Å². The molecule has 0 aliphatic heterocycles. The molecule has 5 nitrogen and oxygen atoms in total. The van der Waals surface area contributed by atoms with Crippen molar-refractivity contribution in [2.24, 2.45) is 5.92 Å². The summed E-state index contributed by atoms with van der Waals surface area (Å²) in [5, 5.41) is 9.64. The average molecular weight is 274 g/mol. The summed E-state index contributed by atoms with van der Waals surface area (Å²) in [7, 11) is 1.68. The lowest BCUT2D eigenvalue weighted by Crippen LogP contribution is -2.30. The summed E-state index contributed by atoms with van der Waals surface area (Å²) in [6.07, 6.45) is 3.35. The highest BCUT2D eigenvalue weighted by Gasteiger charge is 2.20. The van der Waals surface area contributed by atoms with Gasteiger partial charge in [0.05, 0.1) is 22.4 Å². The number of nitrogens with two attached hydrogens (primary N) is 1. The summed E-state index contributed by atoms with van der Waals surface area (Å²) in [6, 6.07) is 3.91. The van der Waals surface area contributed by atoms with Gasteiger partial charge < -0.3 is 10.6 Å². The number of rotatable bonds is 3. The smallest absolute Gasteiger partial charge is 0.265 e. The SMILES string of the molecule is CC(C#N)CN(C)C(=O)c1sc2cnccc2c1N. The number of nitriles is 1. The molecule has 0 saturated carbocycles. The van der Waals surface area contributed by atoms with Crippen molar-refractivity contribution < 1.29 is 4.79 Å². The first-order chi connectivity index (χ1) is 9.04. The minimum absolute atomic E-state index is 0.152. The molecule has 6 heteroatoms. The largest absolute Gasteiger partial charge is 0.397 e. The van der Waals surface area contributed by atoms with E-state index in [9.17, 15) is 4.79 Å². The fourth-order valence-electron chi connectivity index (χ4n) is 1.84. The maximum Gasteiger partial charge on any atom is 0.265 e. The van der Waals surface area contributed by atoms with Crippen molar-refractivity contribution >= 4 is 33.0 Å². The Morgan fingerprint density at radius 2 is 2.42 bits per heavy atom. The molecule has 1 amide bonds. The zero-order valence-corrected chi connectivity index (χ0v) is 11.6. The lowest BCUT2D eigenvalue weighted by atomic mass is 10.2. The van der Waals surface area contributed by atoms with E-state index in [1.165, 1.54) is 16.2 Å². The molecule has 2 heterocycles. The van der Waals surface area contributed by atoms with Gasteiger partial charge in [0.15, 0.2) is 0 Å². The highest BCUT2D eigenvalue weighted by molar-refractivity contribution is 7.21. The van der Waals surface area contributed by atoms with Crippen LogP contribution >= 0.6 is 11.3 Å². The van der Waals surface area contributed by atoms with E-state index < -0.39 is 0 Å². The van der Waals surface area contributed by atoms with E-state index in [4.69, 9.17) is 11.0 Å². The summed E-state index contributed by atoms with van der Waals surface area (Å²) in [6.45, 7) is 2.17. The number of nitrogens with zero attached hydrogens (tertiary/aromatic N) is 3. The Hall–Kier alpha value is -2.13. The van der Waals surface area contributed by atoms with Crippen LogP contribution in [0, 0.1) is 17.2 Å². The van der Waals surface area contributed by atoms with Gasteiger partial charge in [-0.1, -0.05) is 0 Å². The normalized spacial score (nSPS) is 12.1. The van der Waals surface area contributed by atoms with Gasteiger partial charge in [0.2, 0.25) is 0 Å². The summed E-state index contributed by atoms with van der Waals surface area (Å²) >= 11 is 1.33. The Labute approximate surface area is 115 Å². The molecule has 2 aromatic heterocycles. The second kappa shape index (κ2) is 5.24. The van der Waals surface area contributed by atoms with Gasteiger partial charge in [-0.3, -0.25) is 9.78 Å². The van der Waals surface area contributed by atoms with Gasteiger partial charge in [0.1, 0.15) is 4.88 Å². The van der Waals surface area contributed by atoms with E-state index in [0.29, 0.717) is 17.1 Å². The molecule has 0 aromatic carbocycles. The van der Waals surface area contributed by atoms with Crippen molar-refractivity contribution in [1.82, 2.24) is 9.88 Å². The quantitative estimate of drug-likeness (QED) is 0.929. The molecule has 2 N–H and O–H groups in total. The van der Waals surface area contributed by atoms with Crippen LogP contribution in [-0.2, 0) is 0 Å². The minimum atomic E-state index is -0.203. The molecule has 0 saturated heterocycles. The summed E-state index contributed by atoms with van der Waals surface area (Å²) in [5.41, 5.74) is 6.50. The van der Waals surface area contributed by atoms with Crippen LogP contribution < -0.4 is 5.73 Å². The lowest BCUT2D eigenvalue weighted by Gasteiger charge is -2.17. The fourth-order valence-corrected chi connectivity index (χ4v) is 2.92. The van der Waals surface area contributed by atoms with Gasteiger partial charge in [0, 0.05) is 31.4 Å². The van der Waals surface area contributed by atoms with Gasteiger partial charge in [-0.2, -0.15) is 5.26 Å². The third-order valence-electron chi connectivity index (χ3n) is 2.84. The molecule has 1 atom stereocenters. The summed E-state index contributed by atoms with van der Waals surface area (Å²) < 4.78 is 0.894. The number of carbonyl (C=O) groups excluding carboxylic acids is 1. The van der Waals surface area contributed by atoms with Crippen molar-refractivity contribution in [3.8, 4) is 6.07 Å². The Balaban J connectivity index is 2.32. The number of nitrogen functional groups attached to an aromatic ring is 1. The molecule has 0 fully saturated rings.